The van der Waals surface area contributed by atoms with Gasteiger partial charge in [0.25, 0.3) is 0 Å². The zero-order valence-electron chi connectivity index (χ0n) is 18.9. The van der Waals surface area contributed by atoms with Gasteiger partial charge in [0.2, 0.25) is 5.91 Å². The second-order valence-corrected chi connectivity index (χ2v) is 8.28. The molecule has 4 N–H and O–H groups in total. The molecule has 3 heterocycles. The molecule has 10 nitrogen and oxygen atoms in total. The first kappa shape index (κ1) is 29.9. The summed E-state index contributed by atoms with van der Waals surface area (Å²) in [5.74, 6) is -3.25. The minimum Gasteiger partial charge on any atom is -0.387 e. The van der Waals surface area contributed by atoms with Gasteiger partial charge in [0.1, 0.15) is 30.5 Å². The van der Waals surface area contributed by atoms with Crippen molar-refractivity contribution in [2.45, 2.75) is 76.4 Å². The van der Waals surface area contributed by atoms with Crippen molar-refractivity contribution in [1.29, 1.82) is 0 Å². The molecule has 204 valence electrons. The average molecular weight is 523 g/mol. The Hall–Kier alpha value is -2.29. The molecule has 13 heteroatoms. The number of carbonyl (C=O) groups is 2. The Labute approximate surface area is 207 Å². The standard InChI is InChI=1S/C22H29F3N2O8.CH4/c1-12(34-11-13-6-3-2-4-7-13)15(27-21(31)22(23,24)25)19(30)26-10-14-18-16(28)17(29)20(35-14)33-9-5-8-32-18;/h2-4,6-7,12,14-18,20,28-29H,5,8-11H2,1H3,(H,26,30)(H,27,31);1H4/t12?,14?,15-,16?,17?,18?,20?;/m0./s1. The fourth-order valence-corrected chi connectivity index (χ4v) is 3.72. The normalized spacial score (nSPS) is 28.0. The van der Waals surface area contributed by atoms with E-state index in [4.69, 9.17) is 18.9 Å². The van der Waals surface area contributed by atoms with Gasteiger partial charge in [-0.3, -0.25) is 9.59 Å². The highest BCUT2D eigenvalue weighted by molar-refractivity contribution is 5.90. The number of fused-ring (bicyclic) bond motifs is 6. The average Bonchev–Trinajstić information content (AvgIpc) is 2.97. The van der Waals surface area contributed by atoms with Gasteiger partial charge in [0.15, 0.2) is 6.29 Å². The van der Waals surface area contributed by atoms with Gasteiger partial charge in [0, 0.05) is 13.2 Å². The molecule has 0 saturated carbocycles. The van der Waals surface area contributed by atoms with Crippen molar-refractivity contribution in [3.63, 3.8) is 0 Å². The van der Waals surface area contributed by atoms with Crippen LogP contribution in [0, 0.1) is 0 Å². The fourth-order valence-electron chi connectivity index (χ4n) is 3.72. The maximum absolute atomic E-state index is 12.9. The molecule has 7 atom stereocenters. The van der Waals surface area contributed by atoms with Crippen molar-refractivity contribution in [2.75, 3.05) is 19.8 Å². The topological polar surface area (TPSA) is 136 Å². The van der Waals surface area contributed by atoms with Crippen molar-refractivity contribution >= 4 is 11.8 Å². The number of halogens is 3. The Morgan fingerprint density at radius 2 is 1.81 bits per heavy atom. The SMILES string of the molecule is C.CC(OCc1ccccc1)[C@H](NC(=O)C(F)(F)F)C(=O)NCC1OC2OCCCOC1C(O)C2O. The Bertz CT molecular complexity index is 842. The van der Waals surface area contributed by atoms with Crippen LogP contribution in [0.2, 0.25) is 0 Å². The van der Waals surface area contributed by atoms with E-state index in [1.54, 1.807) is 35.6 Å². The van der Waals surface area contributed by atoms with Crippen molar-refractivity contribution in [2.24, 2.45) is 0 Å². The van der Waals surface area contributed by atoms with Crippen LogP contribution in [-0.2, 0) is 35.1 Å². The molecular weight excluding hydrogens is 489 g/mol. The number of alkyl halides is 3. The molecule has 36 heavy (non-hydrogen) atoms. The number of aliphatic hydroxyl groups excluding tert-OH is 2. The van der Waals surface area contributed by atoms with E-state index in [0.29, 0.717) is 6.42 Å². The van der Waals surface area contributed by atoms with Crippen molar-refractivity contribution in [3.05, 3.63) is 35.9 Å². The van der Waals surface area contributed by atoms with E-state index in [1.165, 1.54) is 6.92 Å². The predicted molar refractivity (Wildman–Crippen MR) is 119 cm³/mol. The van der Waals surface area contributed by atoms with E-state index in [9.17, 15) is 33.0 Å². The summed E-state index contributed by atoms with van der Waals surface area (Å²) in [6.45, 7) is 1.47. The molecule has 3 aliphatic heterocycles. The van der Waals surface area contributed by atoms with Crippen LogP contribution in [0.1, 0.15) is 26.3 Å². The van der Waals surface area contributed by atoms with Crippen LogP contribution < -0.4 is 10.6 Å². The molecule has 0 aliphatic carbocycles. The first-order valence-electron chi connectivity index (χ1n) is 11.1. The minimum absolute atomic E-state index is 0. The van der Waals surface area contributed by atoms with E-state index < -0.39 is 60.8 Å². The van der Waals surface area contributed by atoms with Crippen LogP contribution in [0.3, 0.4) is 0 Å². The number of rotatable bonds is 8. The largest absolute Gasteiger partial charge is 0.471 e. The number of nitrogens with one attached hydrogen (secondary N) is 2. The molecule has 3 saturated heterocycles. The van der Waals surface area contributed by atoms with E-state index >= 15 is 0 Å². The Morgan fingerprint density at radius 3 is 2.47 bits per heavy atom. The summed E-state index contributed by atoms with van der Waals surface area (Å²) in [6, 6.07) is 7.07. The Morgan fingerprint density at radius 1 is 1.14 bits per heavy atom. The van der Waals surface area contributed by atoms with Crippen LogP contribution in [0.4, 0.5) is 13.2 Å². The van der Waals surface area contributed by atoms with Gasteiger partial charge in [-0.15, -0.1) is 0 Å². The number of amides is 2. The molecule has 0 aromatic heterocycles. The molecular formula is C23H33F3N2O8. The lowest BCUT2D eigenvalue weighted by Crippen LogP contribution is -2.62. The summed E-state index contributed by atoms with van der Waals surface area (Å²) >= 11 is 0. The molecule has 0 radical (unpaired) electrons. The summed E-state index contributed by atoms with van der Waals surface area (Å²) < 4.78 is 60.8. The van der Waals surface area contributed by atoms with E-state index in [-0.39, 0.29) is 33.8 Å². The summed E-state index contributed by atoms with van der Waals surface area (Å²) in [4.78, 5) is 24.4. The van der Waals surface area contributed by atoms with Gasteiger partial charge in [0.05, 0.1) is 19.3 Å². The van der Waals surface area contributed by atoms with E-state index in [1.807, 2.05) is 0 Å². The summed E-state index contributed by atoms with van der Waals surface area (Å²) in [6.07, 6.45) is -11.8. The summed E-state index contributed by atoms with van der Waals surface area (Å²) in [5.41, 5.74) is 0.723. The molecule has 6 unspecified atom stereocenters. The van der Waals surface area contributed by atoms with E-state index in [0.717, 1.165) is 5.56 Å². The lowest BCUT2D eigenvalue weighted by atomic mass is 9.98. The third-order valence-corrected chi connectivity index (χ3v) is 5.65. The zero-order valence-corrected chi connectivity index (χ0v) is 18.9. The number of ether oxygens (including phenoxy) is 4. The highest BCUT2D eigenvalue weighted by Gasteiger charge is 2.47. The fraction of sp³-hybridized carbons (Fsp3) is 0.652. The highest BCUT2D eigenvalue weighted by atomic mass is 19.4. The number of aliphatic hydroxyl groups is 2. The van der Waals surface area contributed by atoms with Gasteiger partial charge >= 0.3 is 12.1 Å². The van der Waals surface area contributed by atoms with Crippen LogP contribution in [0.5, 0.6) is 0 Å². The van der Waals surface area contributed by atoms with Crippen molar-refractivity contribution in [3.8, 4) is 0 Å². The van der Waals surface area contributed by atoms with Gasteiger partial charge < -0.3 is 39.8 Å². The second-order valence-electron chi connectivity index (χ2n) is 8.28. The number of carbonyl (C=O) groups excluding carboxylic acids is 2. The van der Waals surface area contributed by atoms with E-state index in [2.05, 4.69) is 5.32 Å². The lowest BCUT2D eigenvalue weighted by molar-refractivity contribution is -0.292. The lowest BCUT2D eigenvalue weighted by Gasteiger charge is -2.41. The van der Waals surface area contributed by atoms with Gasteiger partial charge in [-0.2, -0.15) is 13.2 Å². The molecule has 2 amide bonds. The van der Waals surface area contributed by atoms with Crippen molar-refractivity contribution in [1.82, 2.24) is 10.6 Å². The van der Waals surface area contributed by atoms with Crippen LogP contribution in [-0.4, -0.2) is 90.8 Å². The molecule has 2 bridgehead atoms. The smallest absolute Gasteiger partial charge is 0.387 e. The second kappa shape index (κ2) is 13.3. The Balaban J connectivity index is 0.00000456. The van der Waals surface area contributed by atoms with Gasteiger partial charge in [-0.25, -0.2) is 0 Å². The zero-order chi connectivity index (χ0) is 25.6. The third-order valence-electron chi connectivity index (χ3n) is 5.65. The number of benzene rings is 1. The first-order chi connectivity index (χ1) is 16.6. The Kier molecular flexibility index (Phi) is 11.1. The predicted octanol–water partition coefficient (Wildman–Crippen LogP) is 0.643. The maximum Gasteiger partial charge on any atom is 0.471 e. The number of hydrogen-bond acceptors (Lipinski definition) is 8. The number of hydrogen-bond donors (Lipinski definition) is 4. The highest BCUT2D eigenvalue weighted by Crippen LogP contribution is 2.26. The first-order valence-corrected chi connectivity index (χ1v) is 11.1. The van der Waals surface area contributed by atoms with Crippen LogP contribution >= 0.6 is 0 Å². The molecule has 0 spiro atoms. The third kappa shape index (κ3) is 7.85. The molecule has 4 rings (SSSR count). The van der Waals surface area contributed by atoms with Crippen molar-refractivity contribution < 1.29 is 51.9 Å². The molecule has 1 aromatic carbocycles. The van der Waals surface area contributed by atoms with Gasteiger partial charge in [-0.05, 0) is 18.9 Å². The van der Waals surface area contributed by atoms with Crippen LogP contribution in [0.25, 0.3) is 0 Å². The maximum atomic E-state index is 12.9. The minimum atomic E-state index is -5.21. The molecule has 1 aromatic rings. The molecule has 3 fully saturated rings. The monoisotopic (exact) mass is 522 g/mol. The summed E-state index contributed by atoms with van der Waals surface area (Å²) in [7, 11) is 0. The quantitative estimate of drug-likeness (QED) is 0.391. The van der Waals surface area contributed by atoms with Gasteiger partial charge in [-0.1, -0.05) is 37.8 Å². The molecule has 3 aliphatic rings. The summed E-state index contributed by atoms with van der Waals surface area (Å²) in [5, 5.41) is 24.6. The van der Waals surface area contributed by atoms with Crippen LogP contribution in [0.15, 0.2) is 30.3 Å².